The van der Waals surface area contributed by atoms with Gasteiger partial charge in [-0.15, -0.1) is 0 Å². The van der Waals surface area contributed by atoms with Crippen LogP contribution in [0.1, 0.15) is 18.4 Å². The van der Waals surface area contributed by atoms with E-state index in [4.69, 9.17) is 11.6 Å². The standard InChI is InChI=1S/C20H23ClN2O5S2/c1-15-3-2-4-18(13-15)30(27,28)22-11-9-20(24)23-12-10-19(14-23)29(25,26)17-7-5-16(21)6-8-17/h2-8,13,19,22H,9-12,14H2,1H3. The number of amides is 1. The summed E-state index contributed by atoms with van der Waals surface area (Å²) in [5.74, 6) is -0.282. The lowest BCUT2D eigenvalue weighted by molar-refractivity contribution is -0.129. The summed E-state index contributed by atoms with van der Waals surface area (Å²) in [7, 11) is -7.27. The van der Waals surface area contributed by atoms with Crippen molar-refractivity contribution in [2.75, 3.05) is 19.6 Å². The molecular formula is C20H23ClN2O5S2. The fraction of sp³-hybridized carbons (Fsp3) is 0.350. The fourth-order valence-electron chi connectivity index (χ4n) is 3.34. The third kappa shape index (κ3) is 5.21. The Balaban J connectivity index is 1.55. The van der Waals surface area contributed by atoms with Crippen molar-refractivity contribution in [3.8, 4) is 0 Å². The molecule has 1 aliphatic rings. The highest BCUT2D eigenvalue weighted by Crippen LogP contribution is 2.25. The van der Waals surface area contributed by atoms with Crippen LogP contribution >= 0.6 is 11.6 Å². The first-order valence-electron chi connectivity index (χ1n) is 9.43. The molecule has 1 aliphatic heterocycles. The third-order valence-corrected chi connectivity index (χ3v) is 8.91. The Bertz CT molecular complexity index is 1130. The molecule has 1 fully saturated rings. The first-order valence-corrected chi connectivity index (χ1v) is 12.8. The van der Waals surface area contributed by atoms with E-state index in [-0.39, 0.29) is 35.2 Å². The van der Waals surface area contributed by atoms with Gasteiger partial charge in [-0.05, 0) is 55.3 Å². The topological polar surface area (TPSA) is 101 Å². The van der Waals surface area contributed by atoms with Crippen LogP contribution < -0.4 is 4.72 Å². The molecule has 0 radical (unpaired) electrons. The van der Waals surface area contributed by atoms with Crippen molar-refractivity contribution in [2.45, 2.75) is 34.8 Å². The maximum Gasteiger partial charge on any atom is 0.240 e. The molecular weight excluding hydrogens is 448 g/mol. The Kier molecular flexibility index (Phi) is 6.86. The van der Waals surface area contributed by atoms with Gasteiger partial charge in [-0.1, -0.05) is 23.7 Å². The molecule has 10 heteroatoms. The molecule has 2 aromatic rings. The van der Waals surface area contributed by atoms with Gasteiger partial charge in [0.1, 0.15) is 0 Å². The predicted octanol–water partition coefficient (Wildman–Crippen LogP) is 2.39. The Morgan fingerprint density at radius 2 is 1.80 bits per heavy atom. The number of benzene rings is 2. The van der Waals surface area contributed by atoms with E-state index in [1.807, 2.05) is 0 Å². The zero-order valence-corrected chi connectivity index (χ0v) is 18.8. The smallest absolute Gasteiger partial charge is 0.240 e. The van der Waals surface area contributed by atoms with Crippen LogP contribution in [0.25, 0.3) is 0 Å². The van der Waals surface area contributed by atoms with Gasteiger partial charge < -0.3 is 4.90 Å². The van der Waals surface area contributed by atoms with E-state index in [0.717, 1.165) is 5.56 Å². The molecule has 0 bridgehead atoms. The van der Waals surface area contributed by atoms with Gasteiger partial charge in [-0.25, -0.2) is 21.6 Å². The van der Waals surface area contributed by atoms with E-state index in [1.165, 1.54) is 35.2 Å². The van der Waals surface area contributed by atoms with Crippen LogP contribution in [0, 0.1) is 6.92 Å². The number of hydrogen-bond donors (Lipinski definition) is 1. The van der Waals surface area contributed by atoms with Crippen LogP contribution in [0.5, 0.6) is 0 Å². The van der Waals surface area contributed by atoms with Gasteiger partial charge in [0.15, 0.2) is 9.84 Å². The number of nitrogens with zero attached hydrogens (tertiary/aromatic N) is 1. The minimum absolute atomic E-state index is 0.0429. The molecule has 1 amide bonds. The maximum absolute atomic E-state index is 12.8. The largest absolute Gasteiger partial charge is 0.341 e. The van der Waals surface area contributed by atoms with E-state index in [0.29, 0.717) is 18.0 Å². The van der Waals surface area contributed by atoms with E-state index in [2.05, 4.69) is 4.72 Å². The van der Waals surface area contributed by atoms with Crippen molar-refractivity contribution in [1.29, 1.82) is 0 Å². The Hall–Kier alpha value is -1.94. The van der Waals surface area contributed by atoms with E-state index in [9.17, 15) is 21.6 Å². The number of nitrogens with one attached hydrogen (secondary N) is 1. The highest BCUT2D eigenvalue weighted by molar-refractivity contribution is 7.92. The molecule has 3 rings (SSSR count). The molecule has 0 aliphatic carbocycles. The lowest BCUT2D eigenvalue weighted by Crippen LogP contribution is -2.34. The molecule has 7 nitrogen and oxygen atoms in total. The average molecular weight is 471 g/mol. The van der Waals surface area contributed by atoms with Gasteiger partial charge in [0.2, 0.25) is 15.9 Å². The van der Waals surface area contributed by atoms with Crippen molar-refractivity contribution in [1.82, 2.24) is 9.62 Å². The first-order chi connectivity index (χ1) is 14.1. The van der Waals surface area contributed by atoms with E-state index in [1.54, 1.807) is 25.1 Å². The van der Waals surface area contributed by atoms with Gasteiger partial charge in [0.05, 0.1) is 15.0 Å². The zero-order chi connectivity index (χ0) is 21.9. The minimum Gasteiger partial charge on any atom is -0.341 e. The number of carbonyl (C=O) groups excluding carboxylic acids is 1. The monoisotopic (exact) mass is 470 g/mol. The van der Waals surface area contributed by atoms with Crippen molar-refractivity contribution >= 4 is 37.4 Å². The molecule has 1 heterocycles. The second kappa shape index (κ2) is 9.05. The van der Waals surface area contributed by atoms with Gasteiger partial charge in [-0.3, -0.25) is 4.79 Å². The molecule has 0 saturated carbocycles. The van der Waals surface area contributed by atoms with Gasteiger partial charge in [-0.2, -0.15) is 0 Å². The van der Waals surface area contributed by atoms with Crippen LogP contribution in [0.4, 0.5) is 0 Å². The quantitative estimate of drug-likeness (QED) is 0.669. The van der Waals surface area contributed by atoms with Crippen LogP contribution in [0.3, 0.4) is 0 Å². The third-order valence-electron chi connectivity index (χ3n) is 5.01. The van der Waals surface area contributed by atoms with Crippen LogP contribution in [0.2, 0.25) is 5.02 Å². The zero-order valence-electron chi connectivity index (χ0n) is 16.4. The number of hydrogen-bond acceptors (Lipinski definition) is 5. The maximum atomic E-state index is 12.8. The number of likely N-dealkylation sites (tertiary alicyclic amines) is 1. The Morgan fingerprint density at radius 1 is 1.10 bits per heavy atom. The average Bonchev–Trinajstić information content (AvgIpc) is 3.19. The van der Waals surface area contributed by atoms with Crippen molar-refractivity contribution < 1.29 is 21.6 Å². The lowest BCUT2D eigenvalue weighted by Gasteiger charge is -2.17. The summed E-state index contributed by atoms with van der Waals surface area (Å²) in [5, 5.41) is -0.239. The molecule has 1 N–H and O–H groups in total. The molecule has 1 unspecified atom stereocenters. The molecule has 0 spiro atoms. The molecule has 2 aromatic carbocycles. The highest BCUT2D eigenvalue weighted by Gasteiger charge is 2.36. The second-order valence-electron chi connectivity index (χ2n) is 7.21. The summed E-state index contributed by atoms with van der Waals surface area (Å²) < 4.78 is 52.6. The molecule has 1 saturated heterocycles. The molecule has 1 atom stereocenters. The Morgan fingerprint density at radius 3 is 2.47 bits per heavy atom. The molecule has 0 aromatic heterocycles. The number of carbonyl (C=O) groups is 1. The van der Waals surface area contributed by atoms with Crippen molar-refractivity contribution in [3.63, 3.8) is 0 Å². The SMILES string of the molecule is Cc1cccc(S(=O)(=O)NCCC(=O)N2CCC(S(=O)(=O)c3ccc(Cl)cc3)C2)c1. The number of sulfone groups is 1. The van der Waals surface area contributed by atoms with E-state index >= 15 is 0 Å². The molecule has 30 heavy (non-hydrogen) atoms. The van der Waals surface area contributed by atoms with Crippen LogP contribution in [0.15, 0.2) is 58.3 Å². The summed E-state index contributed by atoms with van der Waals surface area (Å²) in [4.78, 5) is 14.2. The number of rotatable bonds is 7. The summed E-state index contributed by atoms with van der Waals surface area (Å²) >= 11 is 5.82. The summed E-state index contributed by atoms with van der Waals surface area (Å²) in [5.41, 5.74) is 0.818. The van der Waals surface area contributed by atoms with Gasteiger partial charge in [0, 0.05) is 31.1 Å². The van der Waals surface area contributed by atoms with Crippen molar-refractivity contribution in [3.05, 3.63) is 59.1 Å². The Labute approximate surface area is 182 Å². The fourth-order valence-corrected chi connectivity index (χ4v) is 6.30. The second-order valence-corrected chi connectivity index (χ2v) is 11.6. The van der Waals surface area contributed by atoms with Crippen LogP contribution in [-0.4, -0.2) is 52.5 Å². The van der Waals surface area contributed by atoms with Crippen molar-refractivity contribution in [2.24, 2.45) is 0 Å². The number of aryl methyl sites for hydroxylation is 1. The normalized spacial score (nSPS) is 17.3. The molecule has 162 valence electrons. The summed E-state index contributed by atoms with van der Waals surface area (Å²) in [6.45, 7) is 2.15. The lowest BCUT2D eigenvalue weighted by atomic mass is 10.2. The predicted molar refractivity (Wildman–Crippen MR) is 115 cm³/mol. The first kappa shape index (κ1) is 22.7. The van der Waals surface area contributed by atoms with Gasteiger partial charge in [0.25, 0.3) is 0 Å². The highest BCUT2D eigenvalue weighted by atomic mass is 35.5. The summed E-state index contributed by atoms with van der Waals surface area (Å²) in [6, 6.07) is 12.5. The van der Waals surface area contributed by atoms with E-state index < -0.39 is 25.1 Å². The number of halogens is 1. The van der Waals surface area contributed by atoms with Crippen LogP contribution in [-0.2, 0) is 24.7 Å². The summed E-state index contributed by atoms with van der Waals surface area (Å²) in [6.07, 6.45) is 0.296. The van der Waals surface area contributed by atoms with Gasteiger partial charge >= 0.3 is 0 Å². The minimum atomic E-state index is -3.70. The number of sulfonamides is 1.